The Hall–Kier alpha value is -3.73. The highest BCUT2D eigenvalue weighted by molar-refractivity contribution is 5.76. The summed E-state index contributed by atoms with van der Waals surface area (Å²) in [6.07, 6.45) is 9.09. The average Bonchev–Trinajstić information content (AvgIpc) is 2.91. The normalized spacial score (nSPS) is 11.2. The Bertz CT molecular complexity index is 1080. The van der Waals surface area contributed by atoms with E-state index in [2.05, 4.69) is 53.1 Å². The van der Waals surface area contributed by atoms with Crippen LogP contribution in [0.25, 0.3) is 22.3 Å². The number of hydrogen-bond acceptors (Lipinski definition) is 5. The van der Waals surface area contributed by atoms with Gasteiger partial charge in [0.2, 0.25) is 0 Å². The summed E-state index contributed by atoms with van der Waals surface area (Å²) in [5.74, 6) is 1.56. The minimum atomic E-state index is 0.254. The zero-order valence-corrected chi connectivity index (χ0v) is 20.0. The smallest absolute Gasteiger partial charge is 0.127 e. The van der Waals surface area contributed by atoms with Crippen LogP contribution >= 0.6 is 0 Å². The van der Waals surface area contributed by atoms with Crippen molar-refractivity contribution in [3.63, 3.8) is 0 Å². The van der Waals surface area contributed by atoms with Gasteiger partial charge >= 0.3 is 0 Å². The first-order valence-corrected chi connectivity index (χ1v) is 11.9. The maximum atomic E-state index is 10.6. The van der Waals surface area contributed by atoms with Crippen molar-refractivity contribution in [2.75, 3.05) is 6.61 Å². The Labute approximate surface area is 202 Å². The molecule has 176 valence electrons. The second kappa shape index (κ2) is 13.7. The lowest BCUT2D eigenvalue weighted by Gasteiger charge is -2.16. The number of benzene rings is 3. The first-order valence-electron chi connectivity index (χ1n) is 11.9. The fraction of sp³-hybridized carbons (Fsp3) is 0.276. The van der Waals surface area contributed by atoms with E-state index in [1.165, 1.54) is 43.8 Å². The number of unbranched alkanes of at least 4 members (excludes halogenated alkanes) is 1. The molecule has 1 aromatic heterocycles. The highest BCUT2D eigenvalue weighted by Crippen LogP contribution is 2.34. The van der Waals surface area contributed by atoms with E-state index in [9.17, 15) is 5.11 Å². The Morgan fingerprint density at radius 1 is 0.765 bits per heavy atom. The van der Waals surface area contributed by atoms with Crippen LogP contribution in [0.5, 0.6) is 11.5 Å². The van der Waals surface area contributed by atoms with Crippen molar-refractivity contribution in [1.29, 1.82) is 0 Å². The molecule has 0 aliphatic heterocycles. The van der Waals surface area contributed by atoms with Gasteiger partial charge < -0.3 is 9.84 Å². The number of ether oxygens (including phenoxy) is 1. The third-order valence-electron chi connectivity index (χ3n) is 5.68. The quantitative estimate of drug-likeness (QED) is 0.289. The van der Waals surface area contributed by atoms with E-state index in [1.54, 1.807) is 6.07 Å². The average molecular weight is 456 g/mol. The second-order valence-electron chi connectivity index (χ2n) is 8.15. The number of rotatable bonds is 9. The maximum absolute atomic E-state index is 10.6. The van der Waals surface area contributed by atoms with E-state index in [1.807, 2.05) is 42.5 Å². The van der Waals surface area contributed by atoms with Gasteiger partial charge in [0, 0.05) is 11.6 Å². The van der Waals surface area contributed by atoms with E-state index in [0.29, 0.717) is 12.5 Å². The second-order valence-corrected chi connectivity index (χ2v) is 8.15. The van der Waals surface area contributed by atoms with Crippen LogP contribution in [0.2, 0.25) is 0 Å². The first-order chi connectivity index (χ1) is 16.7. The van der Waals surface area contributed by atoms with Crippen molar-refractivity contribution in [3.05, 3.63) is 91.8 Å². The summed E-state index contributed by atoms with van der Waals surface area (Å²) >= 11 is 0. The molecule has 5 heteroatoms. The van der Waals surface area contributed by atoms with Gasteiger partial charge in [0.05, 0.1) is 6.61 Å². The summed E-state index contributed by atoms with van der Waals surface area (Å²) in [5.41, 5.74) is 4.13. The van der Waals surface area contributed by atoms with Crippen molar-refractivity contribution < 1.29 is 9.84 Å². The monoisotopic (exact) mass is 455 g/mol. The van der Waals surface area contributed by atoms with Crippen molar-refractivity contribution >= 4 is 0 Å². The molecule has 3 aromatic carbocycles. The highest BCUT2D eigenvalue weighted by atomic mass is 16.5. The summed E-state index contributed by atoms with van der Waals surface area (Å²) in [6.45, 7) is 5.14. The molecule has 5 nitrogen and oxygen atoms in total. The number of phenolic OH excluding ortho intramolecular Hbond substituents is 1. The van der Waals surface area contributed by atoms with Gasteiger partial charge in [0.1, 0.15) is 30.5 Å². The number of aromatic nitrogens is 3. The first kappa shape index (κ1) is 24.9. The van der Waals surface area contributed by atoms with E-state index in [0.717, 1.165) is 28.9 Å². The van der Waals surface area contributed by atoms with E-state index < -0.39 is 0 Å². The van der Waals surface area contributed by atoms with Gasteiger partial charge in [-0.25, -0.2) is 15.0 Å². The topological polar surface area (TPSA) is 68.1 Å². The van der Waals surface area contributed by atoms with Crippen molar-refractivity contribution in [2.45, 2.75) is 39.5 Å². The van der Waals surface area contributed by atoms with Crippen LogP contribution in [0.1, 0.15) is 39.5 Å². The molecule has 0 saturated heterocycles. The van der Waals surface area contributed by atoms with Gasteiger partial charge in [0.25, 0.3) is 0 Å². The van der Waals surface area contributed by atoms with Crippen LogP contribution in [0.3, 0.4) is 0 Å². The molecule has 0 spiro atoms. The fourth-order valence-corrected chi connectivity index (χ4v) is 3.66. The molecule has 1 N–H and O–H groups in total. The van der Waals surface area contributed by atoms with Crippen LogP contribution in [0.4, 0.5) is 0 Å². The summed E-state index contributed by atoms with van der Waals surface area (Å²) in [7, 11) is 0. The standard InChI is InChI=1S/C26H30O2.C3H3N3/c1-3-5-10-20(4-2)19-28-24-15-16-25(26(27)18-24)23-14-9-13-22(17-23)21-11-7-6-8-12-21;1-4-2-6-3-5-1/h6-9,11-18,20,27H,3-5,10,19H2,1-2H3;1-3H. The van der Waals surface area contributed by atoms with Crippen LogP contribution in [-0.4, -0.2) is 26.7 Å². The fourth-order valence-electron chi connectivity index (χ4n) is 3.66. The zero-order chi connectivity index (χ0) is 24.0. The van der Waals surface area contributed by atoms with Crippen LogP contribution in [0.15, 0.2) is 91.8 Å². The summed E-state index contributed by atoms with van der Waals surface area (Å²) < 4.78 is 5.96. The van der Waals surface area contributed by atoms with Gasteiger partial charge in [-0.05, 0) is 47.2 Å². The van der Waals surface area contributed by atoms with Gasteiger partial charge in [-0.1, -0.05) is 81.6 Å². The van der Waals surface area contributed by atoms with Gasteiger partial charge in [-0.2, -0.15) is 0 Å². The van der Waals surface area contributed by atoms with Gasteiger partial charge in [-0.3, -0.25) is 0 Å². The van der Waals surface area contributed by atoms with Gasteiger partial charge in [-0.15, -0.1) is 0 Å². The minimum absolute atomic E-state index is 0.254. The SMILES string of the molecule is CCCCC(CC)COc1ccc(-c2cccc(-c3ccccc3)c2)c(O)c1.c1ncncn1. The zero-order valence-electron chi connectivity index (χ0n) is 20.0. The molecule has 1 atom stereocenters. The molecule has 0 aliphatic rings. The largest absolute Gasteiger partial charge is 0.507 e. The summed E-state index contributed by atoms with van der Waals surface area (Å²) in [5, 5.41) is 10.6. The molecule has 0 amide bonds. The van der Waals surface area contributed by atoms with E-state index in [4.69, 9.17) is 4.74 Å². The Morgan fingerprint density at radius 3 is 2.06 bits per heavy atom. The van der Waals surface area contributed by atoms with Crippen LogP contribution in [-0.2, 0) is 0 Å². The molecular weight excluding hydrogens is 422 g/mol. The lowest BCUT2D eigenvalue weighted by molar-refractivity contribution is 0.232. The summed E-state index contributed by atoms with van der Waals surface area (Å²) in [6, 6.07) is 24.2. The molecule has 1 heterocycles. The Morgan fingerprint density at radius 2 is 1.44 bits per heavy atom. The molecule has 4 rings (SSSR count). The van der Waals surface area contributed by atoms with Crippen LogP contribution in [0, 0.1) is 5.92 Å². The molecule has 4 aromatic rings. The number of phenols is 1. The third-order valence-corrected chi connectivity index (χ3v) is 5.68. The van der Waals surface area contributed by atoms with Crippen molar-refractivity contribution in [3.8, 4) is 33.8 Å². The number of nitrogens with zero attached hydrogens (tertiary/aromatic N) is 3. The molecule has 0 radical (unpaired) electrons. The lowest BCUT2D eigenvalue weighted by Crippen LogP contribution is -2.11. The predicted molar refractivity (Wildman–Crippen MR) is 138 cm³/mol. The van der Waals surface area contributed by atoms with Crippen molar-refractivity contribution in [1.82, 2.24) is 15.0 Å². The Kier molecular flexibility index (Phi) is 10.1. The minimum Gasteiger partial charge on any atom is -0.507 e. The van der Waals surface area contributed by atoms with Crippen LogP contribution < -0.4 is 4.74 Å². The highest BCUT2D eigenvalue weighted by Gasteiger charge is 2.10. The number of aromatic hydroxyl groups is 1. The summed E-state index contributed by atoms with van der Waals surface area (Å²) in [4.78, 5) is 10.7. The Balaban J connectivity index is 0.000000469. The molecule has 0 fully saturated rings. The van der Waals surface area contributed by atoms with Gasteiger partial charge in [0.15, 0.2) is 0 Å². The van der Waals surface area contributed by atoms with E-state index in [-0.39, 0.29) is 5.75 Å². The lowest BCUT2D eigenvalue weighted by atomic mass is 9.98. The molecule has 0 bridgehead atoms. The third kappa shape index (κ3) is 7.69. The molecule has 1 unspecified atom stereocenters. The predicted octanol–water partition coefficient (Wildman–Crippen LogP) is 7.19. The molecular formula is C29H33N3O2. The number of hydrogen-bond donors (Lipinski definition) is 1. The van der Waals surface area contributed by atoms with Crippen molar-refractivity contribution in [2.24, 2.45) is 5.92 Å². The maximum Gasteiger partial charge on any atom is 0.127 e. The van der Waals surface area contributed by atoms with E-state index >= 15 is 0 Å². The molecule has 34 heavy (non-hydrogen) atoms. The molecule has 0 aliphatic carbocycles. The molecule has 0 saturated carbocycles.